The van der Waals surface area contributed by atoms with Crippen LogP contribution in [0.5, 0.6) is 0 Å². The summed E-state index contributed by atoms with van der Waals surface area (Å²) < 4.78 is 17.4. The third-order valence-corrected chi connectivity index (χ3v) is 3.95. The predicted octanol–water partition coefficient (Wildman–Crippen LogP) is 1.93. The van der Waals surface area contributed by atoms with Crippen LogP contribution in [0, 0.1) is 0 Å². The second-order valence-electron chi connectivity index (χ2n) is 3.09. The second-order valence-corrected chi connectivity index (χ2v) is 5.52. The largest absolute Gasteiger partial charge is 0.398 e. The minimum atomic E-state index is -0.926. The third-order valence-electron chi connectivity index (χ3n) is 1.98. The van der Waals surface area contributed by atoms with Gasteiger partial charge in [-0.05, 0) is 12.1 Å². The van der Waals surface area contributed by atoms with Gasteiger partial charge in [-0.25, -0.2) is 0 Å². The van der Waals surface area contributed by atoms with E-state index in [-0.39, 0.29) is 0 Å². The highest BCUT2D eigenvalue weighted by Crippen LogP contribution is 2.23. The van der Waals surface area contributed by atoms with Crippen molar-refractivity contribution in [1.82, 2.24) is 0 Å². The summed E-state index contributed by atoms with van der Waals surface area (Å²) in [6, 6.07) is 5.58. The van der Waals surface area contributed by atoms with Gasteiger partial charge in [-0.2, -0.15) is 0 Å². The molecular weight excluding hydrogens is 278 g/mol. The topological polar surface area (TPSA) is 52.3 Å². The van der Waals surface area contributed by atoms with E-state index in [1.54, 1.807) is 7.11 Å². The molecular formula is C10H14BrNO2S. The quantitative estimate of drug-likeness (QED) is 0.844. The Labute approximate surface area is 101 Å². The molecule has 1 aromatic carbocycles. The van der Waals surface area contributed by atoms with Gasteiger partial charge in [0.05, 0.1) is 12.4 Å². The lowest BCUT2D eigenvalue weighted by Crippen LogP contribution is -2.08. The van der Waals surface area contributed by atoms with Gasteiger partial charge >= 0.3 is 0 Å². The first kappa shape index (κ1) is 12.7. The second kappa shape index (κ2) is 6.25. The van der Waals surface area contributed by atoms with E-state index in [4.69, 9.17) is 10.5 Å². The van der Waals surface area contributed by atoms with Crippen molar-refractivity contribution in [3.63, 3.8) is 0 Å². The fourth-order valence-corrected chi connectivity index (χ4v) is 2.99. The van der Waals surface area contributed by atoms with Crippen molar-refractivity contribution < 1.29 is 8.95 Å². The first-order valence-corrected chi connectivity index (χ1v) is 6.80. The molecule has 0 aliphatic carbocycles. The van der Waals surface area contributed by atoms with Crippen molar-refractivity contribution in [1.29, 1.82) is 0 Å². The standard InChI is InChI=1S/C10H14BrNO2S/c1-14-5-6-15(13)7-8-9(11)3-2-4-10(8)12/h2-4H,5-7,12H2,1H3. The summed E-state index contributed by atoms with van der Waals surface area (Å²) in [5.41, 5.74) is 7.39. The van der Waals surface area contributed by atoms with Gasteiger partial charge in [0, 0.05) is 39.4 Å². The molecule has 0 aliphatic rings. The van der Waals surface area contributed by atoms with Crippen LogP contribution in [0.3, 0.4) is 0 Å². The minimum absolute atomic E-state index is 0.469. The van der Waals surface area contributed by atoms with Crippen LogP contribution < -0.4 is 5.73 Å². The Morgan fingerprint density at radius 1 is 1.53 bits per heavy atom. The molecule has 1 atom stereocenters. The molecule has 5 heteroatoms. The molecule has 0 bridgehead atoms. The lowest BCUT2D eigenvalue weighted by atomic mass is 10.2. The zero-order valence-corrected chi connectivity index (χ0v) is 10.9. The van der Waals surface area contributed by atoms with Crippen molar-refractivity contribution in [2.24, 2.45) is 0 Å². The third kappa shape index (κ3) is 3.93. The van der Waals surface area contributed by atoms with Crippen LogP contribution in [-0.4, -0.2) is 23.7 Å². The number of nitrogens with two attached hydrogens (primary N) is 1. The molecule has 0 spiro atoms. The van der Waals surface area contributed by atoms with Crippen molar-refractivity contribution in [2.45, 2.75) is 5.75 Å². The van der Waals surface area contributed by atoms with Crippen LogP contribution >= 0.6 is 15.9 Å². The maximum absolute atomic E-state index is 11.6. The SMILES string of the molecule is COCCS(=O)Cc1c(N)cccc1Br. The Kier molecular flexibility index (Phi) is 5.28. The lowest BCUT2D eigenvalue weighted by Gasteiger charge is -2.07. The molecule has 0 aliphatic heterocycles. The number of methoxy groups -OCH3 is 1. The Hall–Kier alpha value is -0.390. The van der Waals surface area contributed by atoms with Gasteiger partial charge in [-0.3, -0.25) is 4.21 Å². The normalized spacial score (nSPS) is 12.7. The van der Waals surface area contributed by atoms with Crippen molar-refractivity contribution >= 4 is 32.4 Å². The molecule has 0 fully saturated rings. The van der Waals surface area contributed by atoms with Gasteiger partial charge in [0.15, 0.2) is 0 Å². The van der Waals surface area contributed by atoms with Crippen LogP contribution in [0.15, 0.2) is 22.7 Å². The highest BCUT2D eigenvalue weighted by Gasteiger charge is 2.08. The smallest absolute Gasteiger partial charge is 0.0577 e. The highest BCUT2D eigenvalue weighted by molar-refractivity contribution is 9.10. The molecule has 84 valence electrons. The summed E-state index contributed by atoms with van der Waals surface area (Å²) >= 11 is 3.40. The fourth-order valence-electron chi connectivity index (χ4n) is 1.14. The van der Waals surface area contributed by atoms with Crippen LogP contribution in [0.1, 0.15) is 5.56 Å². The van der Waals surface area contributed by atoms with E-state index in [9.17, 15) is 4.21 Å². The number of halogens is 1. The summed E-state index contributed by atoms with van der Waals surface area (Å²) in [5, 5.41) is 0. The molecule has 0 radical (unpaired) electrons. The predicted molar refractivity (Wildman–Crippen MR) is 67.1 cm³/mol. The summed E-state index contributed by atoms with van der Waals surface area (Å²) in [5.74, 6) is 1.01. The van der Waals surface area contributed by atoms with E-state index < -0.39 is 10.8 Å². The lowest BCUT2D eigenvalue weighted by molar-refractivity contribution is 0.218. The first-order chi connectivity index (χ1) is 7.15. The maximum atomic E-state index is 11.6. The molecule has 3 nitrogen and oxygen atoms in total. The molecule has 0 amide bonds. The average Bonchev–Trinajstić information content (AvgIpc) is 2.21. The van der Waals surface area contributed by atoms with Gasteiger partial charge in [-0.1, -0.05) is 22.0 Å². The number of rotatable bonds is 5. The molecule has 1 rings (SSSR count). The van der Waals surface area contributed by atoms with Crippen LogP contribution in [0.2, 0.25) is 0 Å². The van der Waals surface area contributed by atoms with E-state index in [0.717, 1.165) is 10.0 Å². The number of benzene rings is 1. The van der Waals surface area contributed by atoms with Gasteiger partial charge in [0.2, 0.25) is 0 Å². The van der Waals surface area contributed by atoms with E-state index in [1.807, 2.05) is 18.2 Å². The maximum Gasteiger partial charge on any atom is 0.0577 e. The molecule has 15 heavy (non-hydrogen) atoms. The van der Waals surface area contributed by atoms with E-state index in [0.29, 0.717) is 23.8 Å². The van der Waals surface area contributed by atoms with Gasteiger partial charge in [-0.15, -0.1) is 0 Å². The molecule has 0 saturated carbocycles. The molecule has 0 aromatic heterocycles. The minimum Gasteiger partial charge on any atom is -0.398 e. The number of anilines is 1. The zero-order chi connectivity index (χ0) is 11.3. The number of nitrogen functional groups attached to an aromatic ring is 1. The number of ether oxygens (including phenoxy) is 1. The zero-order valence-electron chi connectivity index (χ0n) is 8.53. The molecule has 0 heterocycles. The summed E-state index contributed by atoms with van der Waals surface area (Å²) in [7, 11) is 0.675. The van der Waals surface area contributed by atoms with E-state index >= 15 is 0 Å². The molecule has 0 saturated heterocycles. The number of hydrogen-bond acceptors (Lipinski definition) is 3. The summed E-state index contributed by atoms with van der Waals surface area (Å²) in [6.45, 7) is 0.511. The van der Waals surface area contributed by atoms with Crippen LogP contribution in [0.4, 0.5) is 5.69 Å². The Morgan fingerprint density at radius 2 is 2.27 bits per heavy atom. The van der Waals surface area contributed by atoms with E-state index in [2.05, 4.69) is 15.9 Å². The fraction of sp³-hybridized carbons (Fsp3) is 0.400. The Balaban J connectivity index is 2.68. The van der Waals surface area contributed by atoms with Gasteiger partial charge in [0.1, 0.15) is 0 Å². The van der Waals surface area contributed by atoms with Crippen LogP contribution in [0.25, 0.3) is 0 Å². The van der Waals surface area contributed by atoms with Crippen molar-refractivity contribution in [2.75, 3.05) is 25.2 Å². The molecule has 1 unspecified atom stereocenters. The summed E-state index contributed by atoms with van der Waals surface area (Å²) in [4.78, 5) is 0. The monoisotopic (exact) mass is 291 g/mol. The summed E-state index contributed by atoms with van der Waals surface area (Å²) in [6.07, 6.45) is 0. The van der Waals surface area contributed by atoms with Crippen LogP contribution in [-0.2, 0) is 21.3 Å². The van der Waals surface area contributed by atoms with Gasteiger partial charge in [0.25, 0.3) is 0 Å². The first-order valence-electron chi connectivity index (χ1n) is 4.52. The van der Waals surface area contributed by atoms with E-state index in [1.165, 1.54) is 0 Å². The molecule has 2 N–H and O–H groups in total. The van der Waals surface area contributed by atoms with Crippen molar-refractivity contribution in [3.05, 3.63) is 28.2 Å². The Bertz CT molecular complexity index is 337. The van der Waals surface area contributed by atoms with Gasteiger partial charge < -0.3 is 10.5 Å². The number of hydrogen-bond donors (Lipinski definition) is 1. The van der Waals surface area contributed by atoms with Crippen molar-refractivity contribution in [3.8, 4) is 0 Å². The Morgan fingerprint density at radius 3 is 2.87 bits per heavy atom. The average molecular weight is 292 g/mol. The highest BCUT2D eigenvalue weighted by atomic mass is 79.9. The molecule has 1 aromatic rings.